The predicted molar refractivity (Wildman–Crippen MR) is 95.6 cm³/mol. The predicted octanol–water partition coefficient (Wildman–Crippen LogP) is 2.60. The van der Waals surface area contributed by atoms with Gasteiger partial charge in [-0.05, 0) is 24.3 Å². The second-order valence-corrected chi connectivity index (χ2v) is 7.16. The highest BCUT2D eigenvalue weighted by molar-refractivity contribution is 8.00. The molecule has 25 heavy (non-hydrogen) atoms. The van der Waals surface area contributed by atoms with Crippen LogP contribution in [0.4, 0.5) is 5.13 Å². The SMILES string of the molecule is O=c1c2ccccc2nnn1CSc1nnc(NCc2ccco2)s1. The smallest absolute Gasteiger partial charge is 0.278 e. The maximum Gasteiger partial charge on any atom is 0.278 e. The molecular weight excluding hydrogens is 360 g/mol. The van der Waals surface area contributed by atoms with E-state index in [-0.39, 0.29) is 5.56 Å². The average molecular weight is 372 g/mol. The largest absolute Gasteiger partial charge is 0.467 e. The Balaban J connectivity index is 1.42. The van der Waals surface area contributed by atoms with Crippen molar-refractivity contribution >= 4 is 39.1 Å². The van der Waals surface area contributed by atoms with Crippen LogP contribution >= 0.6 is 23.1 Å². The molecule has 3 aromatic heterocycles. The monoisotopic (exact) mass is 372 g/mol. The van der Waals surface area contributed by atoms with E-state index in [1.54, 1.807) is 18.4 Å². The molecule has 0 saturated carbocycles. The fraction of sp³-hybridized carbons (Fsp3) is 0.133. The van der Waals surface area contributed by atoms with Crippen LogP contribution in [0.5, 0.6) is 0 Å². The van der Waals surface area contributed by atoms with Gasteiger partial charge in [0.1, 0.15) is 11.3 Å². The van der Waals surface area contributed by atoms with Crippen LogP contribution in [0.15, 0.2) is 56.2 Å². The Bertz CT molecular complexity index is 1040. The first-order valence-corrected chi connectivity index (χ1v) is 9.15. The highest BCUT2D eigenvalue weighted by atomic mass is 32.2. The van der Waals surface area contributed by atoms with Crippen molar-refractivity contribution in [3.63, 3.8) is 0 Å². The van der Waals surface area contributed by atoms with Crippen LogP contribution in [0, 0.1) is 0 Å². The Morgan fingerprint density at radius 3 is 2.96 bits per heavy atom. The minimum atomic E-state index is -0.168. The van der Waals surface area contributed by atoms with Gasteiger partial charge in [0, 0.05) is 0 Å². The van der Waals surface area contributed by atoms with Crippen LogP contribution in [0.25, 0.3) is 10.9 Å². The highest BCUT2D eigenvalue weighted by Gasteiger charge is 2.09. The minimum absolute atomic E-state index is 0.168. The molecule has 0 atom stereocenters. The first kappa shape index (κ1) is 15.8. The first-order chi connectivity index (χ1) is 12.3. The summed E-state index contributed by atoms with van der Waals surface area (Å²) in [5.41, 5.74) is 0.424. The molecule has 126 valence electrons. The molecule has 0 spiro atoms. The maximum atomic E-state index is 12.4. The molecule has 0 radical (unpaired) electrons. The number of furan rings is 1. The third-order valence-electron chi connectivity index (χ3n) is 3.34. The maximum absolute atomic E-state index is 12.4. The molecule has 3 heterocycles. The van der Waals surface area contributed by atoms with E-state index >= 15 is 0 Å². The summed E-state index contributed by atoms with van der Waals surface area (Å²) >= 11 is 2.79. The summed E-state index contributed by atoms with van der Waals surface area (Å²) in [4.78, 5) is 12.4. The second-order valence-electron chi connectivity index (χ2n) is 4.99. The van der Waals surface area contributed by atoms with Gasteiger partial charge in [-0.1, -0.05) is 40.4 Å². The summed E-state index contributed by atoms with van der Waals surface area (Å²) in [5.74, 6) is 1.14. The molecule has 10 heteroatoms. The molecule has 0 fully saturated rings. The van der Waals surface area contributed by atoms with Crippen molar-refractivity contribution in [3.05, 3.63) is 58.8 Å². The van der Waals surface area contributed by atoms with E-state index in [2.05, 4.69) is 25.8 Å². The van der Waals surface area contributed by atoms with Gasteiger partial charge in [0.25, 0.3) is 5.56 Å². The van der Waals surface area contributed by atoms with Gasteiger partial charge in [0.15, 0.2) is 4.34 Å². The summed E-state index contributed by atoms with van der Waals surface area (Å²) < 4.78 is 7.31. The molecule has 1 N–H and O–H groups in total. The fourth-order valence-electron chi connectivity index (χ4n) is 2.14. The van der Waals surface area contributed by atoms with Crippen molar-refractivity contribution in [2.45, 2.75) is 16.8 Å². The Labute approximate surface area is 149 Å². The van der Waals surface area contributed by atoms with Crippen LogP contribution in [-0.4, -0.2) is 25.2 Å². The van der Waals surface area contributed by atoms with Gasteiger partial charge in [-0.15, -0.1) is 15.3 Å². The Kier molecular flexibility index (Phi) is 4.44. The number of nitrogens with one attached hydrogen (secondary N) is 1. The van der Waals surface area contributed by atoms with Crippen LogP contribution < -0.4 is 10.9 Å². The third kappa shape index (κ3) is 3.54. The van der Waals surface area contributed by atoms with Crippen molar-refractivity contribution in [2.75, 3.05) is 5.32 Å². The lowest BCUT2D eigenvalue weighted by molar-refractivity contribution is 0.518. The zero-order chi connectivity index (χ0) is 17.1. The Morgan fingerprint density at radius 2 is 2.08 bits per heavy atom. The molecule has 0 amide bonds. The summed E-state index contributed by atoms with van der Waals surface area (Å²) in [6.45, 7) is 0.544. The lowest BCUT2D eigenvalue weighted by atomic mass is 10.2. The number of rotatable bonds is 6. The molecular formula is C15H12N6O2S2. The molecule has 0 unspecified atom stereocenters. The van der Waals surface area contributed by atoms with Crippen LogP contribution in [0.2, 0.25) is 0 Å². The van der Waals surface area contributed by atoms with Crippen molar-refractivity contribution in [3.8, 4) is 0 Å². The van der Waals surface area contributed by atoms with Gasteiger partial charge in [-0.3, -0.25) is 4.79 Å². The average Bonchev–Trinajstić information content (AvgIpc) is 3.31. The van der Waals surface area contributed by atoms with Crippen LogP contribution in [-0.2, 0) is 12.4 Å². The van der Waals surface area contributed by atoms with Gasteiger partial charge in [0.2, 0.25) is 5.13 Å². The second kappa shape index (κ2) is 7.03. The molecule has 4 aromatic rings. The van der Waals surface area contributed by atoms with E-state index in [1.807, 2.05) is 24.3 Å². The van der Waals surface area contributed by atoms with Crippen LogP contribution in [0.3, 0.4) is 0 Å². The van der Waals surface area contributed by atoms with Crippen molar-refractivity contribution in [1.82, 2.24) is 25.2 Å². The number of aromatic nitrogens is 5. The Morgan fingerprint density at radius 1 is 1.16 bits per heavy atom. The molecule has 0 aliphatic rings. The number of thioether (sulfide) groups is 1. The number of hydrogen-bond donors (Lipinski definition) is 1. The highest BCUT2D eigenvalue weighted by Crippen LogP contribution is 2.26. The summed E-state index contributed by atoms with van der Waals surface area (Å²) in [6, 6.07) is 10.9. The van der Waals surface area contributed by atoms with Gasteiger partial charge in [-0.2, -0.15) is 4.68 Å². The third-order valence-corrected chi connectivity index (χ3v) is 5.32. The number of anilines is 1. The van der Waals surface area contributed by atoms with E-state index in [0.29, 0.717) is 28.5 Å². The van der Waals surface area contributed by atoms with E-state index in [4.69, 9.17) is 4.42 Å². The number of fused-ring (bicyclic) bond motifs is 1. The van der Waals surface area contributed by atoms with E-state index in [1.165, 1.54) is 27.8 Å². The zero-order valence-corrected chi connectivity index (χ0v) is 14.5. The van der Waals surface area contributed by atoms with E-state index in [0.717, 1.165) is 10.1 Å². The van der Waals surface area contributed by atoms with Gasteiger partial charge >= 0.3 is 0 Å². The lowest BCUT2D eigenvalue weighted by Crippen LogP contribution is -2.23. The molecule has 0 saturated heterocycles. The van der Waals surface area contributed by atoms with Crippen LogP contribution in [0.1, 0.15) is 5.76 Å². The number of benzene rings is 1. The van der Waals surface area contributed by atoms with Crippen molar-refractivity contribution in [1.29, 1.82) is 0 Å². The molecule has 0 bridgehead atoms. The van der Waals surface area contributed by atoms with Crippen molar-refractivity contribution in [2.24, 2.45) is 0 Å². The summed E-state index contributed by atoms with van der Waals surface area (Å²) in [7, 11) is 0. The van der Waals surface area contributed by atoms with E-state index in [9.17, 15) is 4.79 Å². The molecule has 1 aromatic carbocycles. The standard InChI is InChI=1S/C15H12N6O2S2/c22-13-11-5-1-2-6-12(11)17-20-21(13)9-24-15-19-18-14(25-15)16-8-10-4-3-7-23-10/h1-7H,8-9H2,(H,16,18). The minimum Gasteiger partial charge on any atom is -0.467 e. The van der Waals surface area contributed by atoms with E-state index < -0.39 is 0 Å². The first-order valence-electron chi connectivity index (χ1n) is 7.35. The molecule has 8 nitrogen and oxygen atoms in total. The fourth-order valence-corrected chi connectivity index (χ4v) is 3.74. The summed E-state index contributed by atoms with van der Waals surface area (Å²) in [5, 5.41) is 20.6. The molecule has 0 aliphatic carbocycles. The van der Waals surface area contributed by atoms with Gasteiger partial charge < -0.3 is 9.73 Å². The molecule has 4 rings (SSSR count). The summed E-state index contributed by atoms with van der Waals surface area (Å²) in [6.07, 6.45) is 1.63. The number of nitrogens with zero attached hydrogens (tertiary/aromatic N) is 5. The lowest BCUT2D eigenvalue weighted by Gasteiger charge is -2.02. The van der Waals surface area contributed by atoms with Gasteiger partial charge in [-0.25, -0.2) is 0 Å². The number of hydrogen-bond acceptors (Lipinski definition) is 9. The quantitative estimate of drug-likeness (QED) is 0.516. The Hall–Kier alpha value is -2.72. The topological polar surface area (TPSA) is 98.7 Å². The van der Waals surface area contributed by atoms with Gasteiger partial charge in [0.05, 0.1) is 24.1 Å². The zero-order valence-electron chi connectivity index (χ0n) is 12.8. The molecule has 0 aliphatic heterocycles. The van der Waals surface area contributed by atoms with Crippen molar-refractivity contribution < 1.29 is 4.42 Å². The normalized spacial score (nSPS) is 11.0.